The molecule has 0 radical (unpaired) electrons. The van der Waals surface area contributed by atoms with Crippen LogP contribution in [0.2, 0.25) is 5.02 Å². The van der Waals surface area contributed by atoms with Crippen LogP contribution in [0.5, 0.6) is 5.75 Å². The number of oxime groups is 1. The molecule has 146 valence electrons. The fourth-order valence-electron chi connectivity index (χ4n) is 2.97. The molecule has 0 saturated heterocycles. The zero-order chi connectivity index (χ0) is 19.9. The minimum atomic E-state index is -0.542. The van der Waals surface area contributed by atoms with Crippen molar-refractivity contribution in [2.24, 2.45) is 5.16 Å². The van der Waals surface area contributed by atoms with Crippen LogP contribution < -0.4 is 15.4 Å². The summed E-state index contributed by atoms with van der Waals surface area (Å²) in [6.07, 6.45) is 4.20. The van der Waals surface area contributed by atoms with Crippen LogP contribution >= 0.6 is 11.6 Å². The van der Waals surface area contributed by atoms with Crippen LogP contribution in [-0.4, -0.2) is 31.7 Å². The van der Waals surface area contributed by atoms with E-state index in [0.29, 0.717) is 16.5 Å². The largest absolute Gasteiger partial charge is 0.495 e. The highest BCUT2D eigenvalue weighted by Crippen LogP contribution is 2.27. The van der Waals surface area contributed by atoms with Crippen LogP contribution in [0, 0.1) is 0 Å². The molecule has 3 rings (SSSR count). The van der Waals surface area contributed by atoms with E-state index in [1.165, 1.54) is 18.2 Å². The van der Waals surface area contributed by atoms with E-state index in [2.05, 4.69) is 15.8 Å². The lowest BCUT2D eigenvalue weighted by atomic mass is 10.1. The summed E-state index contributed by atoms with van der Waals surface area (Å²) in [7, 11) is 1.48. The first-order valence-electron chi connectivity index (χ1n) is 8.76. The third-order valence-corrected chi connectivity index (χ3v) is 4.48. The molecule has 0 spiro atoms. The Bertz CT molecular complexity index is 914. The maximum absolute atomic E-state index is 11.9. The average Bonchev–Trinajstić information content (AvgIpc) is 3.13. The fraction of sp³-hybridized carbons (Fsp3) is 0.250. The Morgan fingerprint density at radius 3 is 2.79 bits per heavy atom. The van der Waals surface area contributed by atoms with Crippen molar-refractivity contribution in [1.29, 1.82) is 0 Å². The highest BCUT2D eigenvalue weighted by atomic mass is 35.5. The average molecular weight is 402 g/mol. The number of carbonyl (C=O) groups is 2. The van der Waals surface area contributed by atoms with E-state index in [1.807, 2.05) is 18.2 Å². The number of amides is 2. The second kappa shape index (κ2) is 9.23. The normalized spacial score (nSPS) is 12.5. The van der Waals surface area contributed by atoms with Gasteiger partial charge in [0.1, 0.15) is 12.0 Å². The second-order valence-electron chi connectivity index (χ2n) is 6.23. The number of hydrogen-bond donors (Lipinski definition) is 2. The van der Waals surface area contributed by atoms with Crippen molar-refractivity contribution >= 4 is 41.0 Å². The molecule has 2 amide bonds. The van der Waals surface area contributed by atoms with Gasteiger partial charge in [0, 0.05) is 10.7 Å². The van der Waals surface area contributed by atoms with Gasteiger partial charge in [-0.2, -0.15) is 0 Å². The van der Waals surface area contributed by atoms with Crippen molar-refractivity contribution < 1.29 is 19.2 Å². The Morgan fingerprint density at radius 2 is 1.96 bits per heavy atom. The molecular formula is C20H20ClN3O4. The molecule has 0 unspecified atom stereocenters. The Balaban J connectivity index is 1.45. The number of carbonyl (C=O) groups excluding carboxylic acids is 2. The fourth-order valence-corrected chi connectivity index (χ4v) is 3.14. The lowest BCUT2D eigenvalue weighted by Crippen LogP contribution is -2.18. The highest BCUT2D eigenvalue weighted by molar-refractivity contribution is 6.33. The van der Waals surface area contributed by atoms with Gasteiger partial charge in [0.05, 0.1) is 12.8 Å². The third kappa shape index (κ3) is 5.23. The van der Waals surface area contributed by atoms with Gasteiger partial charge in [-0.15, -0.1) is 0 Å². The summed E-state index contributed by atoms with van der Waals surface area (Å²) >= 11 is 5.91. The second-order valence-corrected chi connectivity index (χ2v) is 6.66. The molecule has 2 aromatic rings. The summed E-state index contributed by atoms with van der Waals surface area (Å²) in [5, 5.41) is 9.29. The van der Waals surface area contributed by atoms with Gasteiger partial charge in [-0.05, 0) is 60.7 Å². The van der Waals surface area contributed by atoms with Crippen LogP contribution in [0.4, 0.5) is 11.4 Å². The van der Waals surface area contributed by atoms with E-state index in [4.69, 9.17) is 21.2 Å². The quantitative estimate of drug-likeness (QED) is 0.549. The summed E-state index contributed by atoms with van der Waals surface area (Å²) in [5.41, 5.74) is 3.73. The van der Waals surface area contributed by atoms with E-state index in [9.17, 15) is 9.59 Å². The summed E-state index contributed by atoms with van der Waals surface area (Å²) in [5.74, 6) is -0.438. The maximum Gasteiger partial charge on any atom is 0.270 e. The smallest absolute Gasteiger partial charge is 0.270 e. The number of hydrogen-bond acceptors (Lipinski definition) is 5. The number of benzene rings is 2. The molecule has 8 heteroatoms. The Labute approximate surface area is 167 Å². The molecule has 0 aliphatic heterocycles. The van der Waals surface area contributed by atoms with E-state index in [0.717, 1.165) is 31.2 Å². The number of fused-ring (bicyclic) bond motifs is 1. The highest BCUT2D eigenvalue weighted by Gasteiger charge is 2.12. The van der Waals surface area contributed by atoms with Gasteiger partial charge in [-0.1, -0.05) is 22.8 Å². The number of anilines is 2. The lowest BCUT2D eigenvalue weighted by Gasteiger charge is -2.08. The molecule has 0 fully saturated rings. The lowest BCUT2D eigenvalue weighted by molar-refractivity contribution is -0.120. The summed E-state index contributed by atoms with van der Waals surface area (Å²) in [6, 6.07) is 10.7. The summed E-state index contributed by atoms with van der Waals surface area (Å²) in [4.78, 5) is 28.7. The van der Waals surface area contributed by atoms with E-state index in [1.54, 1.807) is 18.2 Å². The molecule has 0 heterocycles. The zero-order valence-corrected chi connectivity index (χ0v) is 16.1. The molecule has 2 N–H and O–H groups in total. The summed E-state index contributed by atoms with van der Waals surface area (Å²) in [6.45, 7) is -0.304. The first-order valence-corrected chi connectivity index (χ1v) is 9.14. The van der Waals surface area contributed by atoms with Gasteiger partial charge in [-0.25, -0.2) is 0 Å². The molecule has 0 bridgehead atoms. The van der Waals surface area contributed by atoms with Crippen LogP contribution in [0.3, 0.4) is 0 Å². The minimum Gasteiger partial charge on any atom is -0.495 e. The predicted molar refractivity (Wildman–Crippen MR) is 108 cm³/mol. The van der Waals surface area contributed by atoms with Crippen LogP contribution in [0.25, 0.3) is 0 Å². The van der Waals surface area contributed by atoms with Gasteiger partial charge in [0.15, 0.2) is 6.61 Å². The van der Waals surface area contributed by atoms with Gasteiger partial charge in [0.25, 0.3) is 11.8 Å². The first kappa shape index (κ1) is 19.7. The number of rotatable bonds is 7. The van der Waals surface area contributed by atoms with E-state index < -0.39 is 5.91 Å². The predicted octanol–water partition coefficient (Wildman–Crippen LogP) is 3.42. The number of ether oxygens (including phenoxy) is 1. The van der Waals surface area contributed by atoms with Crippen LogP contribution in [-0.2, 0) is 27.3 Å². The monoisotopic (exact) mass is 401 g/mol. The molecule has 1 aliphatic carbocycles. The Morgan fingerprint density at radius 1 is 1.14 bits per heavy atom. The van der Waals surface area contributed by atoms with Gasteiger partial charge >= 0.3 is 0 Å². The van der Waals surface area contributed by atoms with Gasteiger partial charge < -0.3 is 20.2 Å². The Kier molecular flexibility index (Phi) is 6.49. The minimum absolute atomic E-state index is 0.304. The van der Waals surface area contributed by atoms with Crippen molar-refractivity contribution in [3.05, 3.63) is 52.5 Å². The first-order chi connectivity index (χ1) is 13.5. The third-order valence-electron chi connectivity index (χ3n) is 4.24. The SMILES string of the molecule is COc1ccc(Cl)cc1NC(=O)/C=N\OCC(=O)Nc1ccc2c(c1)CCC2. The number of methoxy groups -OCH3 is 1. The standard InChI is InChI=1S/C20H20ClN3O4/c1-27-18-8-6-15(21)10-17(18)24-19(25)11-22-28-12-20(26)23-16-7-5-13-3-2-4-14(13)9-16/h5-11H,2-4,12H2,1H3,(H,23,26)(H,24,25)/b22-11-. The van der Waals surface area contributed by atoms with Crippen molar-refractivity contribution in [2.45, 2.75) is 19.3 Å². The Hall–Kier alpha value is -3.06. The number of nitrogens with zero attached hydrogens (tertiary/aromatic N) is 1. The number of aryl methyl sites for hydroxylation is 2. The number of halogens is 1. The van der Waals surface area contributed by atoms with Crippen molar-refractivity contribution in [3.8, 4) is 5.75 Å². The van der Waals surface area contributed by atoms with Crippen molar-refractivity contribution in [2.75, 3.05) is 24.4 Å². The topological polar surface area (TPSA) is 89.0 Å². The van der Waals surface area contributed by atoms with Gasteiger partial charge in [-0.3, -0.25) is 9.59 Å². The van der Waals surface area contributed by atoms with Crippen LogP contribution in [0.1, 0.15) is 17.5 Å². The van der Waals surface area contributed by atoms with E-state index in [-0.39, 0.29) is 12.5 Å². The van der Waals surface area contributed by atoms with Crippen LogP contribution in [0.15, 0.2) is 41.6 Å². The molecule has 1 aliphatic rings. The summed E-state index contributed by atoms with van der Waals surface area (Å²) < 4.78 is 5.14. The zero-order valence-electron chi connectivity index (χ0n) is 15.3. The molecule has 0 saturated carbocycles. The molecule has 0 atom stereocenters. The molecule has 0 aromatic heterocycles. The molecule has 2 aromatic carbocycles. The van der Waals surface area contributed by atoms with Crippen molar-refractivity contribution in [3.63, 3.8) is 0 Å². The number of nitrogens with one attached hydrogen (secondary N) is 2. The van der Waals surface area contributed by atoms with Crippen molar-refractivity contribution in [1.82, 2.24) is 0 Å². The van der Waals surface area contributed by atoms with Gasteiger partial charge in [0.2, 0.25) is 0 Å². The molecular weight excluding hydrogens is 382 g/mol. The maximum atomic E-state index is 11.9. The molecule has 28 heavy (non-hydrogen) atoms. The van der Waals surface area contributed by atoms with E-state index >= 15 is 0 Å². The molecule has 7 nitrogen and oxygen atoms in total.